The highest BCUT2D eigenvalue weighted by Crippen LogP contribution is 2.32. The van der Waals surface area contributed by atoms with Crippen molar-refractivity contribution in [1.29, 1.82) is 0 Å². The van der Waals surface area contributed by atoms with Gasteiger partial charge < -0.3 is 14.6 Å². The zero-order valence-electron chi connectivity index (χ0n) is 10.8. The van der Waals surface area contributed by atoms with Crippen molar-refractivity contribution in [2.75, 3.05) is 14.2 Å². The maximum atomic E-state index is 10.3. The minimum Gasteiger partial charge on any atom is -0.493 e. The smallest absolute Gasteiger partial charge is 0.161 e. The van der Waals surface area contributed by atoms with Crippen LogP contribution >= 0.6 is 11.6 Å². The Morgan fingerprint density at radius 2 is 1.63 bits per heavy atom. The fraction of sp³-hybridized carbons (Fsp3) is 0.200. The van der Waals surface area contributed by atoms with Gasteiger partial charge in [-0.3, -0.25) is 0 Å². The first-order valence-corrected chi connectivity index (χ1v) is 6.19. The number of halogens is 1. The van der Waals surface area contributed by atoms with Gasteiger partial charge in [-0.05, 0) is 35.4 Å². The molecule has 1 unspecified atom stereocenters. The molecule has 2 aromatic carbocycles. The lowest BCUT2D eigenvalue weighted by atomic mass is 10.0. The van der Waals surface area contributed by atoms with Crippen LogP contribution in [0.25, 0.3) is 0 Å². The third-order valence-electron chi connectivity index (χ3n) is 2.89. The Labute approximate surface area is 117 Å². The summed E-state index contributed by atoms with van der Waals surface area (Å²) in [5.74, 6) is 1.21. The second-order valence-corrected chi connectivity index (χ2v) is 4.51. The lowest BCUT2D eigenvalue weighted by Crippen LogP contribution is -2.01. The summed E-state index contributed by atoms with van der Waals surface area (Å²) in [7, 11) is 3.14. The molecule has 3 nitrogen and oxygen atoms in total. The van der Waals surface area contributed by atoms with Gasteiger partial charge in [0.1, 0.15) is 6.10 Å². The van der Waals surface area contributed by atoms with E-state index in [2.05, 4.69) is 0 Å². The SMILES string of the molecule is COc1ccc(C(O)c2cccc(Cl)c2)cc1OC. The van der Waals surface area contributed by atoms with Crippen LogP contribution in [-0.2, 0) is 0 Å². The van der Waals surface area contributed by atoms with Crippen LogP contribution in [-0.4, -0.2) is 19.3 Å². The van der Waals surface area contributed by atoms with Crippen LogP contribution in [0.4, 0.5) is 0 Å². The van der Waals surface area contributed by atoms with Crippen molar-refractivity contribution >= 4 is 11.6 Å². The van der Waals surface area contributed by atoms with E-state index >= 15 is 0 Å². The van der Waals surface area contributed by atoms with E-state index in [0.29, 0.717) is 16.5 Å². The number of rotatable bonds is 4. The number of methoxy groups -OCH3 is 2. The van der Waals surface area contributed by atoms with Crippen LogP contribution in [0.3, 0.4) is 0 Å². The van der Waals surface area contributed by atoms with Crippen molar-refractivity contribution in [3.05, 3.63) is 58.6 Å². The molecule has 0 spiro atoms. The van der Waals surface area contributed by atoms with Crippen molar-refractivity contribution in [1.82, 2.24) is 0 Å². The van der Waals surface area contributed by atoms with Gasteiger partial charge in [0.05, 0.1) is 14.2 Å². The highest BCUT2D eigenvalue weighted by atomic mass is 35.5. The van der Waals surface area contributed by atoms with Gasteiger partial charge in [-0.1, -0.05) is 29.8 Å². The number of hydrogen-bond donors (Lipinski definition) is 1. The number of aliphatic hydroxyl groups is 1. The fourth-order valence-corrected chi connectivity index (χ4v) is 2.09. The van der Waals surface area contributed by atoms with Crippen molar-refractivity contribution in [3.8, 4) is 11.5 Å². The van der Waals surface area contributed by atoms with Crippen molar-refractivity contribution < 1.29 is 14.6 Å². The molecule has 0 aliphatic rings. The van der Waals surface area contributed by atoms with E-state index in [1.165, 1.54) is 0 Å². The molecule has 0 bridgehead atoms. The molecule has 4 heteroatoms. The Morgan fingerprint density at radius 1 is 0.947 bits per heavy atom. The molecule has 0 radical (unpaired) electrons. The first-order valence-electron chi connectivity index (χ1n) is 5.81. The molecule has 100 valence electrons. The van der Waals surface area contributed by atoms with Gasteiger partial charge >= 0.3 is 0 Å². The van der Waals surface area contributed by atoms with E-state index in [1.807, 2.05) is 12.1 Å². The van der Waals surface area contributed by atoms with Gasteiger partial charge in [0, 0.05) is 5.02 Å². The number of benzene rings is 2. The molecule has 0 aliphatic carbocycles. The fourth-order valence-electron chi connectivity index (χ4n) is 1.89. The summed E-state index contributed by atoms with van der Waals surface area (Å²) in [5.41, 5.74) is 1.46. The molecule has 19 heavy (non-hydrogen) atoms. The minimum absolute atomic E-state index is 0.584. The van der Waals surface area contributed by atoms with Gasteiger partial charge in [0.25, 0.3) is 0 Å². The predicted octanol–water partition coefficient (Wildman–Crippen LogP) is 3.44. The first kappa shape index (κ1) is 13.7. The molecule has 1 atom stereocenters. The van der Waals surface area contributed by atoms with E-state index in [9.17, 15) is 5.11 Å². The molecule has 0 saturated heterocycles. The maximum Gasteiger partial charge on any atom is 0.161 e. The zero-order chi connectivity index (χ0) is 13.8. The molecule has 2 rings (SSSR count). The van der Waals surface area contributed by atoms with Crippen LogP contribution in [0, 0.1) is 0 Å². The second kappa shape index (κ2) is 5.95. The monoisotopic (exact) mass is 278 g/mol. The lowest BCUT2D eigenvalue weighted by molar-refractivity contribution is 0.219. The average molecular weight is 279 g/mol. The van der Waals surface area contributed by atoms with Crippen molar-refractivity contribution in [2.24, 2.45) is 0 Å². The quantitative estimate of drug-likeness (QED) is 0.931. The summed E-state index contributed by atoms with van der Waals surface area (Å²) in [6.45, 7) is 0. The predicted molar refractivity (Wildman–Crippen MR) is 75.1 cm³/mol. The summed E-state index contributed by atoms with van der Waals surface area (Å²) in [4.78, 5) is 0. The Hall–Kier alpha value is -1.71. The Morgan fingerprint density at radius 3 is 2.26 bits per heavy atom. The highest BCUT2D eigenvalue weighted by molar-refractivity contribution is 6.30. The Kier molecular flexibility index (Phi) is 4.30. The maximum absolute atomic E-state index is 10.3. The minimum atomic E-state index is -0.751. The van der Waals surface area contributed by atoms with Crippen LogP contribution < -0.4 is 9.47 Å². The molecule has 0 heterocycles. The standard InChI is InChI=1S/C15H15ClO3/c1-18-13-7-6-11(9-14(13)19-2)15(17)10-4-3-5-12(16)8-10/h3-9,15,17H,1-2H3. The Bertz CT molecular complexity index is 569. The molecular weight excluding hydrogens is 264 g/mol. The Balaban J connectivity index is 2.36. The van der Waals surface area contributed by atoms with Crippen LogP contribution in [0.2, 0.25) is 5.02 Å². The van der Waals surface area contributed by atoms with Gasteiger partial charge in [-0.2, -0.15) is 0 Å². The number of hydrogen-bond acceptors (Lipinski definition) is 3. The molecular formula is C15H15ClO3. The second-order valence-electron chi connectivity index (χ2n) is 4.07. The van der Waals surface area contributed by atoms with Gasteiger partial charge in [0.15, 0.2) is 11.5 Å². The van der Waals surface area contributed by atoms with Gasteiger partial charge in [0.2, 0.25) is 0 Å². The van der Waals surface area contributed by atoms with Crippen molar-refractivity contribution in [2.45, 2.75) is 6.10 Å². The summed E-state index contributed by atoms with van der Waals surface area (Å²) in [5, 5.41) is 10.9. The third kappa shape index (κ3) is 3.00. The summed E-state index contributed by atoms with van der Waals surface area (Å²) >= 11 is 5.93. The zero-order valence-corrected chi connectivity index (χ0v) is 11.5. The summed E-state index contributed by atoms with van der Waals surface area (Å²) in [6.07, 6.45) is -0.751. The number of ether oxygens (including phenoxy) is 2. The topological polar surface area (TPSA) is 38.7 Å². The molecule has 0 aromatic heterocycles. The van der Waals surface area contributed by atoms with Crippen LogP contribution in [0.1, 0.15) is 17.2 Å². The third-order valence-corrected chi connectivity index (χ3v) is 3.12. The van der Waals surface area contributed by atoms with E-state index < -0.39 is 6.10 Å². The molecule has 0 fully saturated rings. The van der Waals surface area contributed by atoms with Gasteiger partial charge in [-0.25, -0.2) is 0 Å². The van der Waals surface area contributed by atoms with Crippen molar-refractivity contribution in [3.63, 3.8) is 0 Å². The molecule has 0 amide bonds. The van der Waals surface area contributed by atoms with E-state index in [4.69, 9.17) is 21.1 Å². The van der Waals surface area contributed by atoms with Crippen LogP contribution in [0.5, 0.6) is 11.5 Å². The highest BCUT2D eigenvalue weighted by Gasteiger charge is 2.13. The van der Waals surface area contributed by atoms with Gasteiger partial charge in [-0.15, -0.1) is 0 Å². The average Bonchev–Trinajstić information content (AvgIpc) is 2.45. The number of aliphatic hydroxyl groups excluding tert-OH is 1. The van der Waals surface area contributed by atoms with E-state index in [1.54, 1.807) is 44.6 Å². The molecule has 0 aliphatic heterocycles. The first-order chi connectivity index (χ1) is 9.15. The molecule has 0 saturated carbocycles. The summed E-state index contributed by atoms with van der Waals surface area (Å²) in [6, 6.07) is 12.5. The lowest BCUT2D eigenvalue weighted by Gasteiger charge is -2.14. The molecule has 1 N–H and O–H groups in total. The normalized spacial score (nSPS) is 12.0. The summed E-state index contributed by atoms with van der Waals surface area (Å²) < 4.78 is 10.4. The van der Waals surface area contributed by atoms with E-state index in [0.717, 1.165) is 11.1 Å². The largest absolute Gasteiger partial charge is 0.493 e. The van der Waals surface area contributed by atoms with Crippen LogP contribution in [0.15, 0.2) is 42.5 Å². The van der Waals surface area contributed by atoms with E-state index in [-0.39, 0.29) is 0 Å². The molecule has 2 aromatic rings.